The van der Waals surface area contributed by atoms with Crippen LogP contribution < -0.4 is 10.0 Å². The summed E-state index contributed by atoms with van der Waals surface area (Å²) in [5, 5.41) is 9.99. The molecule has 0 saturated carbocycles. The molecule has 0 fully saturated rings. The predicted octanol–water partition coefficient (Wildman–Crippen LogP) is 1.55. The van der Waals surface area contributed by atoms with Crippen LogP contribution >= 0.6 is 0 Å². The van der Waals surface area contributed by atoms with Crippen LogP contribution in [0.3, 0.4) is 0 Å². The minimum Gasteiger partial charge on any atom is -0.315 e. The van der Waals surface area contributed by atoms with Crippen LogP contribution in [0.5, 0.6) is 0 Å². The molecular formula is C12H24N4O2S. The SMILES string of the molecule is Cc1n[nH]c(C)c1NS(=O)(=O)CCCCNC(C)C. The van der Waals surface area contributed by atoms with E-state index >= 15 is 0 Å². The normalized spacial score (nSPS) is 12.1. The van der Waals surface area contributed by atoms with Gasteiger partial charge >= 0.3 is 0 Å². The molecule has 1 rings (SSSR count). The number of nitrogens with one attached hydrogen (secondary N) is 3. The Morgan fingerprint density at radius 3 is 2.47 bits per heavy atom. The summed E-state index contributed by atoms with van der Waals surface area (Å²) in [5.41, 5.74) is 1.98. The summed E-state index contributed by atoms with van der Waals surface area (Å²) in [7, 11) is -3.29. The molecule has 0 saturated heterocycles. The van der Waals surface area contributed by atoms with Gasteiger partial charge in [-0.15, -0.1) is 0 Å². The van der Waals surface area contributed by atoms with Gasteiger partial charge in [-0.2, -0.15) is 5.10 Å². The molecular weight excluding hydrogens is 264 g/mol. The average Bonchev–Trinajstić information content (AvgIpc) is 2.59. The van der Waals surface area contributed by atoms with Crippen molar-refractivity contribution >= 4 is 15.7 Å². The molecule has 0 spiro atoms. The van der Waals surface area contributed by atoms with Crippen LogP contribution in [0.25, 0.3) is 0 Å². The second kappa shape index (κ2) is 6.91. The van der Waals surface area contributed by atoms with Crippen LogP contribution in [0.1, 0.15) is 38.1 Å². The van der Waals surface area contributed by atoms with Gasteiger partial charge in [0, 0.05) is 6.04 Å². The first-order valence-electron chi connectivity index (χ1n) is 6.57. The Morgan fingerprint density at radius 2 is 1.95 bits per heavy atom. The standard InChI is InChI=1S/C12H24N4O2S/c1-9(2)13-7-5-6-8-19(17,18)16-12-10(3)14-15-11(12)4/h9,13,16H,5-8H2,1-4H3,(H,14,15). The second-order valence-corrected chi connectivity index (χ2v) is 6.89. The fraction of sp³-hybridized carbons (Fsp3) is 0.750. The Kier molecular flexibility index (Phi) is 5.81. The number of unbranched alkanes of at least 4 members (excludes halogenated alkanes) is 1. The van der Waals surface area contributed by atoms with Crippen LogP contribution in [0.4, 0.5) is 5.69 Å². The predicted molar refractivity (Wildman–Crippen MR) is 77.8 cm³/mol. The Balaban J connectivity index is 2.41. The lowest BCUT2D eigenvalue weighted by atomic mass is 10.3. The molecule has 0 aromatic carbocycles. The number of aromatic amines is 1. The minimum atomic E-state index is -3.29. The molecule has 1 aromatic rings. The number of sulfonamides is 1. The first kappa shape index (κ1) is 16.0. The van der Waals surface area contributed by atoms with E-state index in [1.54, 1.807) is 13.8 Å². The van der Waals surface area contributed by atoms with Gasteiger partial charge in [-0.25, -0.2) is 8.42 Å². The van der Waals surface area contributed by atoms with Gasteiger partial charge in [-0.1, -0.05) is 13.8 Å². The maximum atomic E-state index is 11.9. The van der Waals surface area contributed by atoms with Crippen molar-refractivity contribution in [1.82, 2.24) is 15.5 Å². The monoisotopic (exact) mass is 288 g/mol. The highest BCUT2D eigenvalue weighted by molar-refractivity contribution is 7.92. The molecule has 1 heterocycles. The maximum absolute atomic E-state index is 11.9. The van der Waals surface area contributed by atoms with Crippen LogP contribution in [-0.4, -0.2) is 37.0 Å². The van der Waals surface area contributed by atoms with Crippen molar-refractivity contribution in [3.63, 3.8) is 0 Å². The van der Waals surface area contributed by atoms with Crippen LogP contribution in [-0.2, 0) is 10.0 Å². The fourth-order valence-corrected chi connectivity index (χ4v) is 3.01. The van der Waals surface area contributed by atoms with Gasteiger partial charge in [-0.3, -0.25) is 9.82 Å². The first-order chi connectivity index (χ1) is 8.82. The summed E-state index contributed by atoms with van der Waals surface area (Å²) in [4.78, 5) is 0. The third-order valence-electron chi connectivity index (χ3n) is 2.78. The number of aromatic nitrogens is 2. The largest absolute Gasteiger partial charge is 0.315 e. The van der Waals surface area contributed by atoms with Crippen LogP contribution in [0.15, 0.2) is 0 Å². The number of aryl methyl sites for hydroxylation is 2. The highest BCUT2D eigenvalue weighted by Gasteiger charge is 2.15. The first-order valence-corrected chi connectivity index (χ1v) is 8.22. The van der Waals surface area contributed by atoms with Gasteiger partial charge in [0.1, 0.15) is 0 Å². The highest BCUT2D eigenvalue weighted by atomic mass is 32.2. The third kappa shape index (κ3) is 5.61. The molecule has 0 aliphatic carbocycles. The molecule has 0 atom stereocenters. The summed E-state index contributed by atoms with van der Waals surface area (Å²) in [6.07, 6.45) is 1.49. The smallest absolute Gasteiger partial charge is 0.232 e. The number of H-pyrrole nitrogens is 1. The number of rotatable bonds is 8. The number of nitrogens with zero attached hydrogens (tertiary/aromatic N) is 1. The van der Waals surface area contributed by atoms with Gasteiger partial charge in [0.25, 0.3) is 0 Å². The van der Waals surface area contributed by atoms with Gasteiger partial charge < -0.3 is 5.32 Å². The van der Waals surface area contributed by atoms with E-state index in [2.05, 4.69) is 34.1 Å². The number of anilines is 1. The molecule has 19 heavy (non-hydrogen) atoms. The van der Waals surface area contributed by atoms with E-state index in [9.17, 15) is 8.42 Å². The average molecular weight is 288 g/mol. The van der Waals surface area contributed by atoms with Gasteiger partial charge in [0.05, 0.1) is 22.8 Å². The summed E-state index contributed by atoms with van der Waals surface area (Å²) in [6, 6.07) is 0.436. The molecule has 6 nitrogen and oxygen atoms in total. The quantitative estimate of drug-likeness (QED) is 0.633. The number of hydrogen-bond donors (Lipinski definition) is 3. The Labute approximate surface area is 115 Å². The Morgan fingerprint density at radius 1 is 1.26 bits per heavy atom. The summed E-state index contributed by atoms with van der Waals surface area (Å²) < 4.78 is 26.4. The maximum Gasteiger partial charge on any atom is 0.232 e. The molecule has 0 radical (unpaired) electrons. The number of hydrogen-bond acceptors (Lipinski definition) is 4. The molecule has 0 aliphatic rings. The topological polar surface area (TPSA) is 86.9 Å². The molecule has 7 heteroatoms. The van der Waals surface area contributed by atoms with E-state index in [0.29, 0.717) is 23.8 Å². The Hall–Kier alpha value is -1.08. The fourth-order valence-electron chi connectivity index (χ4n) is 1.72. The van der Waals surface area contributed by atoms with Crippen molar-refractivity contribution in [2.45, 2.75) is 46.6 Å². The van der Waals surface area contributed by atoms with E-state index in [0.717, 1.165) is 18.7 Å². The lowest BCUT2D eigenvalue weighted by Gasteiger charge is -2.09. The highest BCUT2D eigenvalue weighted by Crippen LogP contribution is 2.17. The molecule has 0 amide bonds. The lowest BCUT2D eigenvalue weighted by molar-refractivity contribution is 0.561. The lowest BCUT2D eigenvalue weighted by Crippen LogP contribution is -2.24. The zero-order valence-electron chi connectivity index (χ0n) is 12.1. The summed E-state index contributed by atoms with van der Waals surface area (Å²) in [5.74, 6) is 0.136. The van der Waals surface area contributed by atoms with Crippen molar-refractivity contribution in [3.8, 4) is 0 Å². The van der Waals surface area contributed by atoms with Crippen molar-refractivity contribution in [2.24, 2.45) is 0 Å². The zero-order valence-corrected chi connectivity index (χ0v) is 12.9. The second-order valence-electron chi connectivity index (χ2n) is 5.05. The summed E-state index contributed by atoms with van der Waals surface area (Å²) >= 11 is 0. The molecule has 3 N–H and O–H groups in total. The van der Waals surface area contributed by atoms with Crippen molar-refractivity contribution in [1.29, 1.82) is 0 Å². The zero-order chi connectivity index (χ0) is 14.5. The molecule has 110 valence electrons. The van der Waals surface area contributed by atoms with E-state index in [1.165, 1.54) is 0 Å². The molecule has 0 bridgehead atoms. The van der Waals surface area contributed by atoms with Gasteiger partial charge in [0.15, 0.2) is 0 Å². The van der Waals surface area contributed by atoms with Crippen LogP contribution in [0.2, 0.25) is 0 Å². The van der Waals surface area contributed by atoms with Crippen molar-refractivity contribution < 1.29 is 8.42 Å². The molecule has 1 aromatic heterocycles. The third-order valence-corrected chi connectivity index (χ3v) is 4.12. The van der Waals surface area contributed by atoms with E-state index in [1.807, 2.05) is 0 Å². The van der Waals surface area contributed by atoms with E-state index < -0.39 is 10.0 Å². The van der Waals surface area contributed by atoms with Gasteiger partial charge in [-0.05, 0) is 33.2 Å². The minimum absolute atomic E-state index is 0.136. The van der Waals surface area contributed by atoms with Crippen molar-refractivity contribution in [2.75, 3.05) is 17.0 Å². The van der Waals surface area contributed by atoms with E-state index in [-0.39, 0.29) is 5.75 Å². The van der Waals surface area contributed by atoms with Crippen molar-refractivity contribution in [3.05, 3.63) is 11.4 Å². The van der Waals surface area contributed by atoms with Gasteiger partial charge in [0.2, 0.25) is 10.0 Å². The summed E-state index contributed by atoms with van der Waals surface area (Å²) in [6.45, 7) is 8.56. The van der Waals surface area contributed by atoms with E-state index in [4.69, 9.17) is 0 Å². The molecule has 0 aliphatic heterocycles. The van der Waals surface area contributed by atoms with Crippen LogP contribution in [0, 0.1) is 13.8 Å². The molecule has 0 unspecified atom stereocenters. The Bertz CT molecular complexity index is 474.